The van der Waals surface area contributed by atoms with Gasteiger partial charge in [-0.05, 0) is 48.6 Å². The predicted octanol–water partition coefficient (Wildman–Crippen LogP) is 3.78. The van der Waals surface area contributed by atoms with Gasteiger partial charge in [-0.2, -0.15) is 5.26 Å². The van der Waals surface area contributed by atoms with E-state index in [4.69, 9.17) is 9.47 Å². The Labute approximate surface area is 209 Å². The van der Waals surface area contributed by atoms with Crippen molar-refractivity contribution in [1.82, 2.24) is 14.8 Å². The number of nitriles is 1. The number of nitrogens with zero attached hydrogens (tertiary/aromatic N) is 3. The fourth-order valence-corrected chi connectivity index (χ4v) is 4.84. The number of hydrogen-bond acceptors (Lipinski definition) is 5. The Hall–Kier alpha value is -4.25. The number of likely N-dealkylation sites (tertiary alicyclic amines) is 1. The zero-order chi connectivity index (χ0) is 25.1. The molecule has 184 valence electrons. The van der Waals surface area contributed by atoms with E-state index in [0.717, 1.165) is 59.9 Å². The van der Waals surface area contributed by atoms with Crippen LogP contribution in [0.15, 0.2) is 48.2 Å². The molecule has 0 saturated carbocycles. The van der Waals surface area contributed by atoms with Crippen LogP contribution in [0.25, 0.3) is 17.0 Å². The van der Waals surface area contributed by atoms with Gasteiger partial charge < -0.3 is 24.3 Å². The van der Waals surface area contributed by atoms with E-state index in [1.807, 2.05) is 46.0 Å². The Morgan fingerprint density at radius 1 is 1.14 bits per heavy atom. The van der Waals surface area contributed by atoms with E-state index in [1.165, 1.54) is 0 Å². The number of hydrogen-bond donors (Lipinski definition) is 1. The van der Waals surface area contributed by atoms with Crippen LogP contribution in [0.4, 0.5) is 0 Å². The van der Waals surface area contributed by atoms with Gasteiger partial charge in [0, 0.05) is 36.8 Å². The van der Waals surface area contributed by atoms with Crippen LogP contribution in [0.2, 0.25) is 0 Å². The molecule has 1 saturated heterocycles. The Bertz CT molecular complexity index is 1390. The lowest BCUT2D eigenvalue weighted by atomic mass is 10.1. The third kappa shape index (κ3) is 4.65. The molecule has 8 heteroatoms. The van der Waals surface area contributed by atoms with E-state index in [0.29, 0.717) is 11.5 Å². The van der Waals surface area contributed by atoms with Gasteiger partial charge in [-0.25, -0.2) is 0 Å². The zero-order valence-corrected chi connectivity index (χ0v) is 20.3. The molecule has 5 rings (SSSR count). The molecular weight excluding hydrogens is 456 g/mol. The summed E-state index contributed by atoms with van der Waals surface area (Å²) in [6.07, 6.45) is 6.37. The summed E-state index contributed by atoms with van der Waals surface area (Å²) in [6, 6.07) is 13.5. The van der Waals surface area contributed by atoms with Gasteiger partial charge in [0.15, 0.2) is 11.5 Å². The summed E-state index contributed by atoms with van der Waals surface area (Å²) in [5, 5.41) is 13.5. The SMILES string of the molecule is CCc1cccc2c(/C=C(\C#N)C(=O)NCc3ccc4c(c3)OCO4)cn(CC(=O)N3CCCC3)c12. The van der Waals surface area contributed by atoms with E-state index < -0.39 is 5.91 Å². The van der Waals surface area contributed by atoms with Crippen molar-refractivity contribution >= 4 is 28.8 Å². The second kappa shape index (κ2) is 10.2. The highest BCUT2D eigenvalue weighted by molar-refractivity contribution is 6.04. The number of amides is 2. The van der Waals surface area contributed by atoms with Crippen LogP contribution in [0.5, 0.6) is 11.5 Å². The number of carbonyl (C=O) groups is 2. The minimum Gasteiger partial charge on any atom is -0.454 e. The van der Waals surface area contributed by atoms with Gasteiger partial charge >= 0.3 is 0 Å². The van der Waals surface area contributed by atoms with Crippen molar-refractivity contribution in [3.63, 3.8) is 0 Å². The lowest BCUT2D eigenvalue weighted by molar-refractivity contribution is -0.130. The standard InChI is InChI=1S/C28H28N4O4/c1-2-20-6-5-7-23-22(16-32(27(20)23)17-26(33)31-10-3-4-11-31)13-21(14-29)28(34)30-15-19-8-9-24-25(12-19)36-18-35-24/h5-9,12-13,16H,2-4,10-11,15,17-18H2,1H3,(H,30,34)/b21-13+. The number of aromatic nitrogens is 1. The molecule has 0 spiro atoms. The molecule has 36 heavy (non-hydrogen) atoms. The molecule has 0 radical (unpaired) electrons. The molecule has 2 aliphatic heterocycles. The van der Waals surface area contributed by atoms with Crippen molar-refractivity contribution in [2.45, 2.75) is 39.3 Å². The van der Waals surface area contributed by atoms with Gasteiger partial charge in [0.05, 0.1) is 5.52 Å². The minimum absolute atomic E-state index is 0.00237. The van der Waals surface area contributed by atoms with Crippen molar-refractivity contribution in [3.8, 4) is 17.6 Å². The fourth-order valence-electron chi connectivity index (χ4n) is 4.84. The molecule has 1 N–H and O–H groups in total. The molecule has 2 aromatic carbocycles. The summed E-state index contributed by atoms with van der Waals surface area (Å²) in [6.45, 7) is 4.35. The van der Waals surface area contributed by atoms with Crippen molar-refractivity contribution in [2.75, 3.05) is 19.9 Å². The number of aryl methyl sites for hydroxylation is 1. The van der Waals surface area contributed by atoms with Crippen molar-refractivity contribution in [1.29, 1.82) is 5.26 Å². The van der Waals surface area contributed by atoms with Crippen LogP contribution in [-0.2, 0) is 29.1 Å². The number of para-hydroxylation sites is 1. The second-order valence-corrected chi connectivity index (χ2v) is 9.01. The van der Waals surface area contributed by atoms with Crippen molar-refractivity contribution in [2.24, 2.45) is 0 Å². The summed E-state index contributed by atoms with van der Waals surface area (Å²) in [7, 11) is 0. The van der Waals surface area contributed by atoms with Crippen LogP contribution >= 0.6 is 0 Å². The highest BCUT2D eigenvalue weighted by Gasteiger charge is 2.21. The highest BCUT2D eigenvalue weighted by atomic mass is 16.7. The topological polar surface area (TPSA) is 96.6 Å². The lowest BCUT2D eigenvalue weighted by Gasteiger charge is -2.16. The Kier molecular flexibility index (Phi) is 6.63. The van der Waals surface area contributed by atoms with Gasteiger partial charge in [-0.3, -0.25) is 9.59 Å². The van der Waals surface area contributed by atoms with Crippen LogP contribution < -0.4 is 14.8 Å². The number of nitrogens with one attached hydrogen (secondary N) is 1. The van der Waals surface area contributed by atoms with Gasteiger partial charge in [0.2, 0.25) is 12.7 Å². The molecule has 2 amide bonds. The van der Waals surface area contributed by atoms with Crippen LogP contribution in [-0.4, -0.2) is 41.2 Å². The van der Waals surface area contributed by atoms with E-state index >= 15 is 0 Å². The van der Waals surface area contributed by atoms with Gasteiger partial charge in [-0.1, -0.05) is 31.2 Å². The van der Waals surface area contributed by atoms with Crippen molar-refractivity contribution in [3.05, 3.63) is 64.9 Å². The van der Waals surface area contributed by atoms with Crippen LogP contribution in [0.3, 0.4) is 0 Å². The van der Waals surface area contributed by atoms with E-state index in [-0.39, 0.29) is 31.4 Å². The maximum Gasteiger partial charge on any atom is 0.262 e. The zero-order valence-electron chi connectivity index (χ0n) is 20.3. The van der Waals surface area contributed by atoms with E-state index in [2.05, 4.69) is 18.3 Å². The maximum absolute atomic E-state index is 12.9. The van der Waals surface area contributed by atoms with Gasteiger partial charge in [0.1, 0.15) is 18.2 Å². The molecule has 1 fully saturated rings. The van der Waals surface area contributed by atoms with Gasteiger partial charge in [-0.15, -0.1) is 0 Å². The molecule has 1 aromatic heterocycles. The second-order valence-electron chi connectivity index (χ2n) is 9.01. The molecule has 0 unspecified atom stereocenters. The van der Waals surface area contributed by atoms with Crippen LogP contribution in [0.1, 0.15) is 36.5 Å². The first kappa shape index (κ1) is 23.5. The number of rotatable bonds is 7. The lowest BCUT2D eigenvalue weighted by Crippen LogP contribution is -2.30. The molecule has 0 aliphatic carbocycles. The molecule has 0 bridgehead atoms. The summed E-state index contributed by atoms with van der Waals surface area (Å²) >= 11 is 0. The first-order valence-corrected chi connectivity index (χ1v) is 12.2. The fraction of sp³-hybridized carbons (Fsp3) is 0.321. The molecular formula is C28H28N4O4. The summed E-state index contributed by atoms with van der Waals surface area (Å²) in [5.41, 5.74) is 3.67. The molecule has 3 heterocycles. The maximum atomic E-state index is 12.9. The number of benzene rings is 2. The Balaban J connectivity index is 1.40. The Morgan fingerprint density at radius 2 is 1.94 bits per heavy atom. The van der Waals surface area contributed by atoms with Crippen LogP contribution in [0, 0.1) is 11.3 Å². The first-order chi connectivity index (χ1) is 17.6. The first-order valence-electron chi connectivity index (χ1n) is 12.2. The summed E-state index contributed by atoms with van der Waals surface area (Å²) < 4.78 is 12.7. The molecule has 2 aliphatic rings. The molecule has 8 nitrogen and oxygen atoms in total. The van der Waals surface area contributed by atoms with E-state index in [9.17, 15) is 14.9 Å². The number of fused-ring (bicyclic) bond motifs is 2. The molecule has 3 aromatic rings. The van der Waals surface area contributed by atoms with E-state index in [1.54, 1.807) is 12.1 Å². The quantitative estimate of drug-likeness (QED) is 0.407. The summed E-state index contributed by atoms with van der Waals surface area (Å²) in [5.74, 6) is 0.943. The third-order valence-electron chi connectivity index (χ3n) is 6.71. The summed E-state index contributed by atoms with van der Waals surface area (Å²) in [4.78, 5) is 27.7. The third-order valence-corrected chi connectivity index (χ3v) is 6.71. The molecule has 0 atom stereocenters. The predicted molar refractivity (Wildman–Crippen MR) is 135 cm³/mol. The Morgan fingerprint density at radius 3 is 2.72 bits per heavy atom. The smallest absolute Gasteiger partial charge is 0.262 e. The highest BCUT2D eigenvalue weighted by Crippen LogP contribution is 2.32. The van der Waals surface area contributed by atoms with Gasteiger partial charge in [0.25, 0.3) is 5.91 Å². The minimum atomic E-state index is -0.462. The average Bonchev–Trinajstić information content (AvgIpc) is 3.66. The van der Waals surface area contributed by atoms with Crippen molar-refractivity contribution < 1.29 is 19.1 Å². The monoisotopic (exact) mass is 484 g/mol. The number of carbonyl (C=O) groups excluding carboxylic acids is 2. The normalized spacial score (nSPS) is 14.8. The average molecular weight is 485 g/mol. The largest absolute Gasteiger partial charge is 0.454 e. The number of ether oxygens (including phenoxy) is 2.